The van der Waals surface area contributed by atoms with E-state index < -0.39 is 0 Å². The second kappa shape index (κ2) is 9.62. The quantitative estimate of drug-likeness (QED) is 0.539. The molecule has 0 bridgehead atoms. The summed E-state index contributed by atoms with van der Waals surface area (Å²) >= 11 is 0. The first-order valence-corrected chi connectivity index (χ1v) is 8.72. The first kappa shape index (κ1) is 18.7. The van der Waals surface area contributed by atoms with Gasteiger partial charge in [-0.3, -0.25) is 9.59 Å². The van der Waals surface area contributed by atoms with Crippen molar-refractivity contribution in [3.05, 3.63) is 65.2 Å². The normalized spacial score (nSPS) is 10.3. The van der Waals surface area contributed by atoms with Crippen LogP contribution in [-0.2, 0) is 4.79 Å². The lowest BCUT2D eigenvalue weighted by Crippen LogP contribution is -2.26. The summed E-state index contributed by atoms with van der Waals surface area (Å²) in [7, 11) is 0. The van der Waals surface area contributed by atoms with Crippen molar-refractivity contribution in [2.75, 3.05) is 18.4 Å². The molecule has 0 radical (unpaired) electrons. The van der Waals surface area contributed by atoms with Gasteiger partial charge in [0.25, 0.3) is 0 Å². The SMILES string of the molecule is Cc1ccc(C)c(C(=O)CCC(=O)NCCCNc2ccccc2)c1. The topological polar surface area (TPSA) is 58.2 Å². The lowest BCUT2D eigenvalue weighted by Gasteiger charge is -2.08. The third kappa shape index (κ3) is 6.42. The van der Waals surface area contributed by atoms with E-state index >= 15 is 0 Å². The number of ketones is 1. The first-order valence-electron chi connectivity index (χ1n) is 8.72. The van der Waals surface area contributed by atoms with Crippen molar-refractivity contribution in [3.63, 3.8) is 0 Å². The lowest BCUT2D eigenvalue weighted by molar-refractivity contribution is -0.121. The number of hydrogen-bond acceptors (Lipinski definition) is 3. The highest BCUT2D eigenvalue weighted by atomic mass is 16.2. The zero-order chi connectivity index (χ0) is 18.1. The van der Waals surface area contributed by atoms with Gasteiger partial charge in [-0.1, -0.05) is 35.9 Å². The Morgan fingerprint density at radius 1 is 0.920 bits per heavy atom. The molecule has 0 aliphatic rings. The van der Waals surface area contributed by atoms with E-state index in [0.717, 1.165) is 35.3 Å². The average Bonchev–Trinajstić information content (AvgIpc) is 2.62. The van der Waals surface area contributed by atoms with E-state index in [1.807, 2.05) is 62.4 Å². The molecule has 25 heavy (non-hydrogen) atoms. The average molecular weight is 338 g/mol. The Kier molecular flexibility index (Phi) is 7.20. The molecule has 4 nitrogen and oxygen atoms in total. The van der Waals surface area contributed by atoms with Gasteiger partial charge < -0.3 is 10.6 Å². The summed E-state index contributed by atoms with van der Waals surface area (Å²) < 4.78 is 0. The van der Waals surface area contributed by atoms with Gasteiger partial charge in [0.05, 0.1) is 0 Å². The van der Waals surface area contributed by atoms with Gasteiger partial charge in [0.2, 0.25) is 5.91 Å². The molecule has 0 spiro atoms. The first-order chi connectivity index (χ1) is 12.1. The van der Waals surface area contributed by atoms with Crippen LogP contribution in [0.3, 0.4) is 0 Å². The fourth-order valence-corrected chi connectivity index (χ4v) is 2.59. The van der Waals surface area contributed by atoms with Crippen LogP contribution in [0, 0.1) is 13.8 Å². The highest BCUT2D eigenvalue weighted by Gasteiger charge is 2.11. The molecular weight excluding hydrogens is 312 g/mol. The number of aryl methyl sites for hydroxylation is 2. The highest BCUT2D eigenvalue weighted by molar-refractivity contribution is 5.99. The van der Waals surface area contributed by atoms with Crippen molar-refractivity contribution >= 4 is 17.4 Å². The van der Waals surface area contributed by atoms with Crippen LogP contribution in [0.5, 0.6) is 0 Å². The fraction of sp³-hybridized carbons (Fsp3) is 0.333. The van der Waals surface area contributed by atoms with Gasteiger partial charge >= 0.3 is 0 Å². The number of amides is 1. The molecule has 0 heterocycles. The van der Waals surface area contributed by atoms with Gasteiger partial charge in [0.15, 0.2) is 5.78 Å². The Hall–Kier alpha value is -2.62. The molecule has 132 valence electrons. The molecule has 0 fully saturated rings. The van der Waals surface area contributed by atoms with Crippen LogP contribution in [0.15, 0.2) is 48.5 Å². The number of hydrogen-bond donors (Lipinski definition) is 2. The zero-order valence-corrected chi connectivity index (χ0v) is 15.0. The van der Waals surface area contributed by atoms with Gasteiger partial charge in [-0.05, 0) is 44.0 Å². The lowest BCUT2D eigenvalue weighted by atomic mass is 9.99. The summed E-state index contributed by atoms with van der Waals surface area (Å²) in [6, 6.07) is 15.8. The summed E-state index contributed by atoms with van der Waals surface area (Å²) in [6.45, 7) is 5.29. The molecule has 0 aromatic heterocycles. The van der Waals surface area contributed by atoms with E-state index in [4.69, 9.17) is 0 Å². The number of para-hydroxylation sites is 1. The van der Waals surface area contributed by atoms with Crippen LogP contribution < -0.4 is 10.6 Å². The van der Waals surface area contributed by atoms with E-state index in [1.165, 1.54) is 0 Å². The van der Waals surface area contributed by atoms with Gasteiger partial charge in [-0.25, -0.2) is 0 Å². The van der Waals surface area contributed by atoms with Crippen molar-refractivity contribution in [1.29, 1.82) is 0 Å². The van der Waals surface area contributed by atoms with E-state index in [1.54, 1.807) is 0 Å². The number of carbonyl (C=O) groups excluding carboxylic acids is 2. The molecule has 0 saturated carbocycles. The molecule has 0 aliphatic carbocycles. The van der Waals surface area contributed by atoms with E-state index in [0.29, 0.717) is 6.54 Å². The summed E-state index contributed by atoms with van der Waals surface area (Å²) in [5.74, 6) is -0.0412. The number of anilines is 1. The smallest absolute Gasteiger partial charge is 0.220 e. The van der Waals surface area contributed by atoms with Crippen molar-refractivity contribution in [2.45, 2.75) is 33.1 Å². The van der Waals surface area contributed by atoms with Crippen LogP contribution in [-0.4, -0.2) is 24.8 Å². The minimum Gasteiger partial charge on any atom is -0.385 e. The molecule has 2 aromatic carbocycles. The number of benzene rings is 2. The highest BCUT2D eigenvalue weighted by Crippen LogP contribution is 2.13. The Morgan fingerprint density at radius 3 is 2.44 bits per heavy atom. The second-order valence-corrected chi connectivity index (χ2v) is 6.24. The van der Waals surface area contributed by atoms with Crippen LogP contribution in [0.1, 0.15) is 40.7 Å². The molecular formula is C21H26N2O2. The molecule has 1 amide bonds. The van der Waals surface area contributed by atoms with E-state index in [9.17, 15) is 9.59 Å². The Balaban J connectivity index is 1.63. The van der Waals surface area contributed by atoms with Crippen LogP contribution in [0.25, 0.3) is 0 Å². The molecule has 0 unspecified atom stereocenters. The fourth-order valence-electron chi connectivity index (χ4n) is 2.59. The monoisotopic (exact) mass is 338 g/mol. The minimum atomic E-state index is -0.0710. The summed E-state index contributed by atoms with van der Waals surface area (Å²) in [6.07, 6.45) is 1.32. The molecule has 2 N–H and O–H groups in total. The van der Waals surface area contributed by atoms with Crippen LogP contribution in [0.4, 0.5) is 5.69 Å². The maximum atomic E-state index is 12.3. The molecule has 0 saturated heterocycles. The predicted octanol–water partition coefficient (Wildman–Crippen LogP) is 3.88. The summed E-state index contributed by atoms with van der Waals surface area (Å²) in [4.78, 5) is 24.1. The Morgan fingerprint density at radius 2 is 1.68 bits per heavy atom. The van der Waals surface area contributed by atoms with Gasteiger partial charge in [0, 0.05) is 37.2 Å². The van der Waals surface area contributed by atoms with Crippen molar-refractivity contribution in [1.82, 2.24) is 5.32 Å². The largest absolute Gasteiger partial charge is 0.385 e. The zero-order valence-electron chi connectivity index (χ0n) is 15.0. The van der Waals surface area contributed by atoms with Crippen LogP contribution in [0.2, 0.25) is 0 Å². The van der Waals surface area contributed by atoms with Crippen LogP contribution >= 0.6 is 0 Å². The van der Waals surface area contributed by atoms with E-state index in [-0.39, 0.29) is 24.5 Å². The maximum absolute atomic E-state index is 12.3. The van der Waals surface area contributed by atoms with Gasteiger partial charge in [0.1, 0.15) is 0 Å². The summed E-state index contributed by atoms with van der Waals surface area (Å²) in [5.41, 5.74) is 3.82. The van der Waals surface area contributed by atoms with E-state index in [2.05, 4.69) is 10.6 Å². The standard InChI is InChI=1S/C21H26N2O2/c1-16-9-10-17(2)19(15-16)20(24)11-12-21(25)23-14-6-13-22-18-7-4-3-5-8-18/h3-5,7-10,15,22H,6,11-14H2,1-2H3,(H,23,25). The predicted molar refractivity (Wildman–Crippen MR) is 102 cm³/mol. The number of Topliss-reactive ketones (excluding diaryl/α,β-unsaturated/α-hetero) is 1. The Bertz CT molecular complexity index is 711. The third-order valence-electron chi connectivity index (χ3n) is 4.05. The number of nitrogens with one attached hydrogen (secondary N) is 2. The number of carbonyl (C=O) groups is 2. The van der Waals surface area contributed by atoms with Crippen molar-refractivity contribution in [2.24, 2.45) is 0 Å². The maximum Gasteiger partial charge on any atom is 0.220 e. The minimum absolute atomic E-state index is 0.0297. The Labute approximate surface area is 149 Å². The number of rotatable bonds is 9. The second-order valence-electron chi connectivity index (χ2n) is 6.24. The summed E-state index contributed by atoms with van der Waals surface area (Å²) in [5, 5.41) is 6.17. The molecule has 0 atom stereocenters. The third-order valence-corrected chi connectivity index (χ3v) is 4.05. The van der Waals surface area contributed by atoms with Gasteiger partial charge in [-0.15, -0.1) is 0 Å². The molecule has 0 aliphatic heterocycles. The van der Waals surface area contributed by atoms with Gasteiger partial charge in [-0.2, -0.15) is 0 Å². The molecule has 2 aromatic rings. The molecule has 4 heteroatoms. The van der Waals surface area contributed by atoms with Crippen molar-refractivity contribution < 1.29 is 9.59 Å². The van der Waals surface area contributed by atoms with Crippen molar-refractivity contribution in [3.8, 4) is 0 Å². The molecule has 2 rings (SSSR count).